The van der Waals surface area contributed by atoms with Gasteiger partial charge in [-0.15, -0.1) is 24.0 Å². The molecule has 6 heteroatoms. The Labute approximate surface area is 79.3 Å². The normalized spacial score (nSPS) is 12.7. The van der Waals surface area contributed by atoms with Crippen LogP contribution in [0.1, 0.15) is 0 Å². The molecule has 0 saturated heterocycles. The summed E-state index contributed by atoms with van der Waals surface area (Å²) in [6.07, 6.45) is 0. The highest BCUT2D eigenvalue weighted by molar-refractivity contribution is 14.0. The molecule has 2 N–H and O–H groups in total. The van der Waals surface area contributed by atoms with Crippen LogP contribution in [0.5, 0.6) is 0 Å². The van der Waals surface area contributed by atoms with Crippen molar-refractivity contribution >= 4 is 51.0 Å². The Balaban J connectivity index is 0. The third-order valence-electron chi connectivity index (χ3n) is 0.576. The van der Waals surface area contributed by atoms with E-state index in [0.717, 1.165) is 0 Å². The Bertz CT molecular complexity index is 160. The van der Waals surface area contributed by atoms with E-state index in [1.165, 1.54) is 0 Å². The monoisotopic (exact) mass is 279 g/mol. The maximum absolute atomic E-state index is 5.23. The van der Waals surface area contributed by atoms with Gasteiger partial charge in [0.05, 0.1) is 0 Å². The molecule has 0 aromatic rings. The lowest BCUT2D eigenvalue weighted by atomic mass is 11.5. The molecule has 3 nitrogen and oxygen atoms in total. The Morgan fingerprint density at radius 3 is 1.78 bits per heavy atom. The summed E-state index contributed by atoms with van der Waals surface area (Å²) >= 11 is 4.63. The third kappa shape index (κ3) is 5.04. The Morgan fingerprint density at radius 2 is 1.78 bits per heavy atom. The number of hydrogen-bond acceptors (Lipinski definition) is 3. The number of hydrogen-bond donors (Lipinski definition) is 2. The standard InChI is InChI=1S/C3H9N3S2.HI/c1-5-8(6-2)3(4)7;/h8H,1-2H3,(H2,4,7);1H. The van der Waals surface area contributed by atoms with E-state index < -0.39 is 10.5 Å². The van der Waals surface area contributed by atoms with Crippen LogP contribution in [0.3, 0.4) is 0 Å². The maximum Gasteiger partial charge on any atom is 0.148 e. The van der Waals surface area contributed by atoms with Crippen LogP contribution in [0.2, 0.25) is 0 Å². The lowest BCUT2D eigenvalue weighted by molar-refractivity contribution is 1.47. The molecule has 0 aliphatic heterocycles. The lowest BCUT2D eigenvalue weighted by Crippen LogP contribution is -2.08. The molecule has 0 atom stereocenters. The van der Waals surface area contributed by atoms with E-state index >= 15 is 0 Å². The average molecular weight is 279 g/mol. The molecule has 0 aromatic heterocycles. The van der Waals surface area contributed by atoms with E-state index in [4.69, 9.17) is 5.73 Å². The minimum Gasteiger partial charge on any atom is -0.383 e. The molecule has 0 amide bonds. The number of nitrogens with zero attached hydrogens (tertiary/aromatic N) is 2. The number of nitrogens with two attached hydrogens (primary N) is 1. The largest absolute Gasteiger partial charge is 0.383 e. The van der Waals surface area contributed by atoms with Crippen LogP contribution in [-0.4, -0.2) is 18.4 Å². The zero-order valence-electron chi connectivity index (χ0n) is 5.24. The molecular weight excluding hydrogens is 269 g/mol. The molecule has 0 rings (SSSR count). The highest BCUT2D eigenvalue weighted by atomic mass is 127. The van der Waals surface area contributed by atoms with Crippen molar-refractivity contribution in [1.82, 2.24) is 0 Å². The molecule has 0 aromatic carbocycles. The van der Waals surface area contributed by atoms with Crippen molar-refractivity contribution in [2.24, 2.45) is 14.5 Å². The first kappa shape index (κ1) is 12.3. The molecule has 56 valence electrons. The van der Waals surface area contributed by atoms with E-state index in [2.05, 4.69) is 20.9 Å². The van der Waals surface area contributed by atoms with Gasteiger partial charge in [0.25, 0.3) is 0 Å². The van der Waals surface area contributed by atoms with Gasteiger partial charge in [0.15, 0.2) is 0 Å². The molecular formula is C3H10IN3S2. The lowest BCUT2D eigenvalue weighted by Gasteiger charge is -1.87. The molecule has 0 heterocycles. The van der Waals surface area contributed by atoms with Gasteiger partial charge < -0.3 is 5.73 Å². The van der Waals surface area contributed by atoms with Crippen molar-refractivity contribution in [3.63, 3.8) is 0 Å². The van der Waals surface area contributed by atoms with E-state index in [1.54, 1.807) is 14.1 Å². The fourth-order valence-corrected chi connectivity index (χ4v) is 1.35. The van der Waals surface area contributed by atoms with E-state index in [1.807, 2.05) is 0 Å². The summed E-state index contributed by atoms with van der Waals surface area (Å²) < 4.78 is 8.07. The molecule has 0 spiro atoms. The van der Waals surface area contributed by atoms with Crippen molar-refractivity contribution < 1.29 is 0 Å². The molecule has 0 bridgehead atoms. The van der Waals surface area contributed by atoms with Crippen molar-refractivity contribution in [3.05, 3.63) is 0 Å². The summed E-state index contributed by atoms with van der Waals surface area (Å²) in [5.41, 5.74) is 5.23. The second-order valence-corrected chi connectivity index (χ2v) is 3.63. The number of rotatable bonds is 0. The van der Waals surface area contributed by atoms with Crippen LogP contribution in [0, 0.1) is 0 Å². The predicted molar refractivity (Wildman–Crippen MR) is 57.7 cm³/mol. The van der Waals surface area contributed by atoms with Crippen LogP contribution in [0.15, 0.2) is 8.73 Å². The quantitative estimate of drug-likeness (QED) is 0.392. The van der Waals surface area contributed by atoms with Crippen LogP contribution >= 0.6 is 36.2 Å². The van der Waals surface area contributed by atoms with Gasteiger partial charge in [0.1, 0.15) is 4.32 Å². The van der Waals surface area contributed by atoms with Gasteiger partial charge in [-0.2, -0.15) is 0 Å². The van der Waals surface area contributed by atoms with Crippen molar-refractivity contribution in [3.8, 4) is 0 Å². The number of halogens is 1. The molecule has 0 radical (unpaired) electrons. The molecule has 9 heavy (non-hydrogen) atoms. The predicted octanol–water partition coefficient (Wildman–Crippen LogP) is 0.825. The van der Waals surface area contributed by atoms with Crippen molar-refractivity contribution in [2.45, 2.75) is 0 Å². The maximum atomic E-state index is 5.23. The smallest absolute Gasteiger partial charge is 0.148 e. The van der Waals surface area contributed by atoms with Gasteiger partial charge in [-0.05, 0) is 10.5 Å². The summed E-state index contributed by atoms with van der Waals surface area (Å²) in [4.78, 5) is 0. The van der Waals surface area contributed by atoms with Crippen molar-refractivity contribution in [2.75, 3.05) is 14.1 Å². The van der Waals surface area contributed by atoms with E-state index in [0.29, 0.717) is 4.32 Å². The highest BCUT2D eigenvalue weighted by Crippen LogP contribution is 1.76. The summed E-state index contributed by atoms with van der Waals surface area (Å²) in [6, 6.07) is 0. The first-order valence-electron chi connectivity index (χ1n) is 2.01. The van der Waals surface area contributed by atoms with Gasteiger partial charge in [0, 0.05) is 14.1 Å². The highest BCUT2D eigenvalue weighted by Gasteiger charge is 1.78. The molecule has 0 unspecified atom stereocenters. The Morgan fingerprint density at radius 1 is 1.44 bits per heavy atom. The molecule has 0 saturated carbocycles. The van der Waals surface area contributed by atoms with Gasteiger partial charge in [-0.1, -0.05) is 12.2 Å². The SMILES string of the molecule is C/N=[SH](=N\C)/C(N)=S.I. The van der Waals surface area contributed by atoms with Gasteiger partial charge in [0.2, 0.25) is 0 Å². The Hall–Kier alpha value is 0.570. The van der Waals surface area contributed by atoms with E-state index in [9.17, 15) is 0 Å². The fraction of sp³-hybridized carbons (Fsp3) is 0.667. The second kappa shape index (κ2) is 6.69. The average Bonchev–Trinajstić information content (AvgIpc) is 1.69. The second-order valence-electron chi connectivity index (χ2n) is 1.03. The Kier molecular flexibility index (Phi) is 9.11. The van der Waals surface area contributed by atoms with Gasteiger partial charge in [-0.3, -0.25) is 8.73 Å². The molecule has 0 fully saturated rings. The summed E-state index contributed by atoms with van der Waals surface area (Å²) in [5, 5.41) is 0. The first-order valence-corrected chi connectivity index (χ1v) is 3.67. The van der Waals surface area contributed by atoms with Crippen LogP contribution in [0.4, 0.5) is 0 Å². The van der Waals surface area contributed by atoms with E-state index in [-0.39, 0.29) is 24.0 Å². The fourth-order valence-electron chi connectivity index (χ4n) is 0.287. The van der Waals surface area contributed by atoms with Crippen LogP contribution in [-0.2, 0) is 10.5 Å². The first-order chi connectivity index (χ1) is 3.72. The van der Waals surface area contributed by atoms with Crippen LogP contribution < -0.4 is 5.73 Å². The van der Waals surface area contributed by atoms with Crippen LogP contribution in [0.25, 0.3) is 0 Å². The van der Waals surface area contributed by atoms with Gasteiger partial charge in [-0.25, -0.2) is 0 Å². The van der Waals surface area contributed by atoms with Gasteiger partial charge >= 0.3 is 0 Å². The summed E-state index contributed by atoms with van der Waals surface area (Å²) in [5.74, 6) is 0. The summed E-state index contributed by atoms with van der Waals surface area (Å²) in [6.45, 7) is 0. The third-order valence-corrected chi connectivity index (χ3v) is 2.22. The number of thiol groups is 1. The topological polar surface area (TPSA) is 50.7 Å². The molecule has 0 aliphatic carbocycles. The molecule has 0 aliphatic rings. The van der Waals surface area contributed by atoms with Crippen molar-refractivity contribution in [1.29, 1.82) is 0 Å². The summed E-state index contributed by atoms with van der Waals surface area (Å²) in [7, 11) is 2.47. The number of thiocarbonyl (C=S) groups is 1. The zero-order chi connectivity index (χ0) is 6.57. The zero-order valence-corrected chi connectivity index (χ0v) is 9.28. The minimum absolute atomic E-state index is 0. The minimum atomic E-state index is -0.856.